The Morgan fingerprint density at radius 1 is 1.15 bits per heavy atom. The minimum Gasteiger partial charge on any atom is -0.294 e. The Morgan fingerprint density at radius 3 is 2.73 bits per heavy atom. The molecule has 0 unspecified atom stereocenters. The summed E-state index contributed by atoms with van der Waals surface area (Å²) in [7, 11) is 0. The molecular weight excluding hydrogens is 342 g/mol. The maximum Gasteiger partial charge on any atom is 0.187 e. The zero-order valence-corrected chi connectivity index (χ0v) is 16.3. The van der Waals surface area contributed by atoms with Crippen LogP contribution >= 0.6 is 11.8 Å². The summed E-state index contributed by atoms with van der Waals surface area (Å²) in [5.74, 6) is 0. The smallest absolute Gasteiger partial charge is 0.187 e. The van der Waals surface area contributed by atoms with E-state index in [4.69, 9.17) is 5.10 Å². The molecule has 5 nitrogen and oxygen atoms in total. The fourth-order valence-electron chi connectivity index (χ4n) is 3.54. The van der Waals surface area contributed by atoms with E-state index in [2.05, 4.69) is 57.7 Å². The highest BCUT2D eigenvalue weighted by Crippen LogP contribution is 2.24. The highest BCUT2D eigenvalue weighted by atomic mass is 32.2. The summed E-state index contributed by atoms with van der Waals surface area (Å²) >= 11 is 1.60. The molecule has 0 spiro atoms. The van der Waals surface area contributed by atoms with Gasteiger partial charge in [0.05, 0.1) is 17.1 Å². The number of aryl methyl sites for hydroxylation is 1. The lowest BCUT2D eigenvalue weighted by Crippen LogP contribution is -2.31. The van der Waals surface area contributed by atoms with Gasteiger partial charge in [0.1, 0.15) is 0 Å². The van der Waals surface area contributed by atoms with E-state index >= 15 is 0 Å². The van der Waals surface area contributed by atoms with E-state index in [1.807, 2.05) is 18.5 Å². The Morgan fingerprint density at radius 2 is 1.96 bits per heavy atom. The molecule has 0 radical (unpaired) electrons. The number of hydrogen-bond acceptors (Lipinski definition) is 5. The second kappa shape index (κ2) is 7.21. The third-order valence-electron chi connectivity index (χ3n) is 5.00. The van der Waals surface area contributed by atoms with E-state index in [1.165, 1.54) is 22.5 Å². The molecule has 4 rings (SSSR count). The number of fused-ring (bicyclic) bond motifs is 1. The van der Waals surface area contributed by atoms with Crippen LogP contribution in [-0.2, 0) is 19.5 Å². The highest BCUT2D eigenvalue weighted by molar-refractivity contribution is 7.98. The molecule has 1 aliphatic heterocycles. The minimum absolute atomic E-state index is 0.869. The van der Waals surface area contributed by atoms with Crippen molar-refractivity contribution in [3.8, 4) is 5.69 Å². The average Bonchev–Trinajstić information content (AvgIpc) is 2.96. The Labute approximate surface area is 158 Å². The monoisotopic (exact) mass is 365 g/mol. The van der Waals surface area contributed by atoms with Crippen LogP contribution in [0.4, 0.5) is 0 Å². The van der Waals surface area contributed by atoms with Crippen molar-refractivity contribution in [2.45, 2.75) is 38.5 Å². The van der Waals surface area contributed by atoms with Crippen LogP contribution in [0.25, 0.3) is 5.69 Å². The standard InChI is InChI=1S/C20H23N5S/c1-14-18(15(2)25(23-14)17-7-5-4-6-8-17)13-24-10-9-19-16(12-24)11-21-20(22-19)26-3/h4-8,11H,9-10,12-13H2,1-3H3. The highest BCUT2D eigenvalue weighted by Gasteiger charge is 2.21. The topological polar surface area (TPSA) is 46.8 Å². The molecule has 0 saturated carbocycles. The molecule has 0 fully saturated rings. The number of para-hydroxylation sites is 1. The lowest BCUT2D eigenvalue weighted by Gasteiger charge is -2.28. The van der Waals surface area contributed by atoms with Crippen LogP contribution in [-0.4, -0.2) is 37.4 Å². The Balaban J connectivity index is 1.56. The number of rotatable bonds is 4. The number of thioether (sulfide) groups is 1. The van der Waals surface area contributed by atoms with Crippen molar-refractivity contribution in [3.63, 3.8) is 0 Å². The van der Waals surface area contributed by atoms with E-state index in [-0.39, 0.29) is 0 Å². The predicted octanol–water partition coefficient (Wildman–Crippen LogP) is 3.56. The van der Waals surface area contributed by atoms with Gasteiger partial charge in [-0.05, 0) is 32.2 Å². The van der Waals surface area contributed by atoms with Gasteiger partial charge in [-0.3, -0.25) is 4.90 Å². The van der Waals surface area contributed by atoms with Crippen molar-refractivity contribution < 1.29 is 0 Å². The predicted molar refractivity (Wildman–Crippen MR) is 105 cm³/mol. The SMILES string of the molecule is CSc1ncc2c(n1)CCN(Cc1c(C)nn(-c3ccccc3)c1C)C2. The summed E-state index contributed by atoms with van der Waals surface area (Å²) < 4.78 is 2.05. The largest absolute Gasteiger partial charge is 0.294 e. The molecular formula is C20H23N5S. The minimum atomic E-state index is 0.869. The molecule has 0 atom stereocenters. The van der Waals surface area contributed by atoms with Gasteiger partial charge in [-0.25, -0.2) is 14.6 Å². The van der Waals surface area contributed by atoms with E-state index in [0.29, 0.717) is 0 Å². The molecule has 3 aromatic rings. The lowest BCUT2D eigenvalue weighted by atomic mass is 10.1. The Hall–Kier alpha value is -2.18. The van der Waals surface area contributed by atoms with Crippen LogP contribution in [0.3, 0.4) is 0 Å². The number of benzene rings is 1. The van der Waals surface area contributed by atoms with Crippen molar-refractivity contribution >= 4 is 11.8 Å². The molecule has 1 aliphatic rings. The fraction of sp³-hybridized carbons (Fsp3) is 0.350. The quantitative estimate of drug-likeness (QED) is 0.523. The first-order chi connectivity index (χ1) is 12.7. The Bertz CT molecular complexity index is 919. The van der Waals surface area contributed by atoms with E-state index in [9.17, 15) is 0 Å². The van der Waals surface area contributed by atoms with Crippen LogP contribution < -0.4 is 0 Å². The first-order valence-corrected chi connectivity index (χ1v) is 10.1. The summed E-state index contributed by atoms with van der Waals surface area (Å²) in [5, 5.41) is 5.64. The zero-order valence-electron chi connectivity index (χ0n) is 15.4. The molecule has 1 aromatic carbocycles. The normalized spacial score (nSPS) is 14.4. The van der Waals surface area contributed by atoms with Gasteiger partial charge < -0.3 is 0 Å². The zero-order chi connectivity index (χ0) is 18.1. The second-order valence-electron chi connectivity index (χ2n) is 6.69. The van der Waals surface area contributed by atoms with Gasteiger partial charge in [-0.2, -0.15) is 5.10 Å². The molecule has 2 aromatic heterocycles. The fourth-order valence-corrected chi connectivity index (χ4v) is 3.90. The molecule has 3 heterocycles. The maximum atomic E-state index is 4.78. The summed E-state index contributed by atoms with van der Waals surface area (Å²) in [6.45, 7) is 7.10. The molecule has 0 amide bonds. The van der Waals surface area contributed by atoms with Crippen LogP contribution in [0.15, 0.2) is 41.7 Å². The maximum absolute atomic E-state index is 4.78. The van der Waals surface area contributed by atoms with Gasteiger partial charge in [-0.15, -0.1) is 0 Å². The summed E-state index contributed by atoms with van der Waals surface area (Å²) in [6, 6.07) is 10.3. The van der Waals surface area contributed by atoms with Crippen LogP contribution in [0.1, 0.15) is 28.2 Å². The third-order valence-corrected chi connectivity index (χ3v) is 5.56. The van der Waals surface area contributed by atoms with E-state index in [0.717, 1.165) is 42.6 Å². The first-order valence-electron chi connectivity index (χ1n) is 8.87. The van der Waals surface area contributed by atoms with Gasteiger partial charge in [0.15, 0.2) is 5.16 Å². The number of aromatic nitrogens is 4. The average molecular weight is 366 g/mol. The van der Waals surface area contributed by atoms with Gasteiger partial charge in [0, 0.05) is 49.1 Å². The summed E-state index contributed by atoms with van der Waals surface area (Å²) in [6.07, 6.45) is 5.00. The van der Waals surface area contributed by atoms with Crippen molar-refractivity contribution in [1.29, 1.82) is 0 Å². The van der Waals surface area contributed by atoms with Crippen LogP contribution in [0.5, 0.6) is 0 Å². The lowest BCUT2D eigenvalue weighted by molar-refractivity contribution is 0.241. The summed E-state index contributed by atoms with van der Waals surface area (Å²) in [4.78, 5) is 11.6. The van der Waals surface area contributed by atoms with Gasteiger partial charge in [0.25, 0.3) is 0 Å². The first kappa shape index (κ1) is 17.2. The molecule has 0 saturated heterocycles. The number of nitrogens with zero attached hydrogens (tertiary/aromatic N) is 5. The molecule has 26 heavy (non-hydrogen) atoms. The molecule has 6 heteroatoms. The van der Waals surface area contributed by atoms with Crippen molar-refractivity contribution in [1.82, 2.24) is 24.6 Å². The van der Waals surface area contributed by atoms with E-state index in [1.54, 1.807) is 11.8 Å². The molecule has 0 N–H and O–H groups in total. The third kappa shape index (κ3) is 3.27. The van der Waals surface area contributed by atoms with Gasteiger partial charge in [-0.1, -0.05) is 30.0 Å². The van der Waals surface area contributed by atoms with Crippen LogP contribution in [0.2, 0.25) is 0 Å². The van der Waals surface area contributed by atoms with E-state index < -0.39 is 0 Å². The summed E-state index contributed by atoms with van der Waals surface area (Å²) in [5.41, 5.74) is 7.20. The molecule has 0 bridgehead atoms. The Kier molecular flexibility index (Phi) is 4.78. The van der Waals surface area contributed by atoms with Crippen molar-refractivity contribution in [3.05, 3.63) is 64.7 Å². The van der Waals surface area contributed by atoms with Crippen molar-refractivity contribution in [2.75, 3.05) is 12.8 Å². The van der Waals surface area contributed by atoms with Gasteiger partial charge >= 0.3 is 0 Å². The molecule has 134 valence electrons. The second-order valence-corrected chi connectivity index (χ2v) is 7.46. The van der Waals surface area contributed by atoms with Gasteiger partial charge in [0.2, 0.25) is 0 Å². The van der Waals surface area contributed by atoms with Crippen molar-refractivity contribution in [2.24, 2.45) is 0 Å². The number of hydrogen-bond donors (Lipinski definition) is 0. The van der Waals surface area contributed by atoms with Crippen LogP contribution in [0, 0.1) is 13.8 Å². The molecule has 0 aliphatic carbocycles.